The highest BCUT2D eigenvalue weighted by Crippen LogP contribution is 2.13. The Labute approximate surface area is 93.1 Å². The number of benzene rings is 1. The molecule has 16 heavy (non-hydrogen) atoms. The molecule has 1 aromatic carbocycles. The van der Waals surface area contributed by atoms with Gasteiger partial charge in [0.15, 0.2) is 0 Å². The smallest absolute Gasteiger partial charge is 0.339 e. The molecule has 1 aromatic heterocycles. The largest absolute Gasteiger partial charge is 0.478 e. The third-order valence-corrected chi connectivity index (χ3v) is 2.51. The van der Waals surface area contributed by atoms with E-state index >= 15 is 0 Å². The van der Waals surface area contributed by atoms with Crippen molar-refractivity contribution in [2.75, 3.05) is 0 Å². The van der Waals surface area contributed by atoms with Crippen LogP contribution in [0.4, 0.5) is 0 Å². The zero-order valence-electron chi connectivity index (χ0n) is 8.92. The van der Waals surface area contributed by atoms with Crippen LogP contribution in [0, 0.1) is 0 Å². The van der Waals surface area contributed by atoms with Crippen LogP contribution in [0.15, 0.2) is 36.5 Å². The van der Waals surface area contributed by atoms with Gasteiger partial charge in [-0.15, -0.1) is 0 Å². The number of carbonyl (C=O) groups is 1. The van der Waals surface area contributed by atoms with Gasteiger partial charge in [-0.2, -0.15) is 5.10 Å². The second kappa shape index (κ2) is 4.18. The molecule has 1 heterocycles. The van der Waals surface area contributed by atoms with Crippen molar-refractivity contribution >= 4 is 5.97 Å². The number of carboxylic acids is 1. The average molecular weight is 216 g/mol. The normalized spacial score (nSPS) is 10.3. The number of aromatic nitrogens is 2. The molecule has 2 rings (SSSR count). The van der Waals surface area contributed by atoms with Gasteiger partial charge >= 0.3 is 5.97 Å². The minimum Gasteiger partial charge on any atom is -0.478 e. The van der Waals surface area contributed by atoms with Gasteiger partial charge in [0.05, 0.1) is 11.9 Å². The zero-order valence-corrected chi connectivity index (χ0v) is 8.92. The summed E-state index contributed by atoms with van der Waals surface area (Å²) < 4.78 is 1.61. The summed E-state index contributed by atoms with van der Waals surface area (Å²) in [7, 11) is 1.75. The van der Waals surface area contributed by atoms with Gasteiger partial charge in [-0.3, -0.25) is 4.68 Å². The second-order valence-corrected chi connectivity index (χ2v) is 3.60. The van der Waals surface area contributed by atoms with Crippen molar-refractivity contribution in [1.29, 1.82) is 0 Å². The summed E-state index contributed by atoms with van der Waals surface area (Å²) in [4.78, 5) is 11.0. The van der Waals surface area contributed by atoms with Gasteiger partial charge in [0.1, 0.15) is 5.56 Å². The van der Waals surface area contributed by atoms with E-state index in [4.69, 9.17) is 5.11 Å². The molecular weight excluding hydrogens is 204 g/mol. The predicted molar refractivity (Wildman–Crippen MR) is 59.4 cm³/mol. The molecule has 0 radical (unpaired) electrons. The van der Waals surface area contributed by atoms with E-state index in [1.165, 1.54) is 6.20 Å². The summed E-state index contributed by atoms with van der Waals surface area (Å²) in [5.41, 5.74) is 2.07. The molecule has 0 unspecified atom stereocenters. The van der Waals surface area contributed by atoms with Crippen molar-refractivity contribution in [1.82, 2.24) is 9.78 Å². The third kappa shape index (κ3) is 1.95. The lowest BCUT2D eigenvalue weighted by Crippen LogP contribution is -2.05. The number of nitrogens with zero attached hydrogens (tertiary/aromatic N) is 2. The van der Waals surface area contributed by atoms with Crippen LogP contribution in [0.25, 0.3) is 0 Å². The first-order valence-corrected chi connectivity index (χ1v) is 4.96. The van der Waals surface area contributed by atoms with E-state index in [1.807, 2.05) is 30.3 Å². The van der Waals surface area contributed by atoms with Gasteiger partial charge in [-0.05, 0) is 5.56 Å². The topological polar surface area (TPSA) is 55.1 Å². The highest BCUT2D eigenvalue weighted by molar-refractivity contribution is 5.88. The summed E-state index contributed by atoms with van der Waals surface area (Å²) >= 11 is 0. The molecule has 0 aliphatic rings. The van der Waals surface area contributed by atoms with E-state index in [-0.39, 0.29) is 5.56 Å². The average Bonchev–Trinajstić information content (AvgIpc) is 2.62. The van der Waals surface area contributed by atoms with Gasteiger partial charge in [0.2, 0.25) is 0 Å². The van der Waals surface area contributed by atoms with Crippen molar-refractivity contribution in [3.05, 3.63) is 53.3 Å². The summed E-state index contributed by atoms with van der Waals surface area (Å²) in [5, 5.41) is 13.0. The molecule has 0 fully saturated rings. The van der Waals surface area contributed by atoms with E-state index in [0.717, 1.165) is 11.3 Å². The monoisotopic (exact) mass is 216 g/mol. The van der Waals surface area contributed by atoms with Crippen LogP contribution in [0.3, 0.4) is 0 Å². The Kier molecular flexibility index (Phi) is 2.72. The van der Waals surface area contributed by atoms with Crippen LogP contribution < -0.4 is 0 Å². The number of aromatic carboxylic acids is 1. The van der Waals surface area contributed by atoms with Crippen molar-refractivity contribution in [2.45, 2.75) is 6.42 Å². The van der Waals surface area contributed by atoms with Crippen LogP contribution in [0.1, 0.15) is 21.6 Å². The SMILES string of the molecule is Cn1ncc(C(=O)O)c1Cc1ccccc1. The number of rotatable bonds is 3. The van der Waals surface area contributed by atoms with Crippen LogP contribution in [-0.4, -0.2) is 20.9 Å². The molecule has 4 nitrogen and oxygen atoms in total. The van der Waals surface area contributed by atoms with Crippen LogP contribution in [0.5, 0.6) is 0 Å². The second-order valence-electron chi connectivity index (χ2n) is 3.60. The Bertz CT molecular complexity index is 503. The number of carboxylic acid groups (broad SMARTS) is 1. The lowest BCUT2D eigenvalue weighted by molar-refractivity contribution is 0.0695. The first-order chi connectivity index (χ1) is 7.68. The molecule has 0 spiro atoms. The third-order valence-electron chi connectivity index (χ3n) is 2.51. The molecule has 0 aliphatic heterocycles. The number of aryl methyl sites for hydroxylation is 1. The first-order valence-electron chi connectivity index (χ1n) is 4.96. The molecule has 0 saturated carbocycles. The van der Waals surface area contributed by atoms with E-state index in [2.05, 4.69) is 5.10 Å². The van der Waals surface area contributed by atoms with E-state index in [0.29, 0.717) is 6.42 Å². The molecule has 1 N–H and O–H groups in total. The van der Waals surface area contributed by atoms with Crippen LogP contribution >= 0.6 is 0 Å². The lowest BCUT2D eigenvalue weighted by Gasteiger charge is -2.03. The Hall–Kier alpha value is -2.10. The minimum atomic E-state index is -0.931. The quantitative estimate of drug-likeness (QED) is 0.849. The van der Waals surface area contributed by atoms with Crippen molar-refractivity contribution in [2.24, 2.45) is 7.05 Å². The molecular formula is C12H12N2O2. The first kappa shape index (κ1) is 10.4. The fraction of sp³-hybridized carbons (Fsp3) is 0.167. The van der Waals surface area contributed by atoms with Gasteiger partial charge in [-0.25, -0.2) is 4.79 Å². The highest BCUT2D eigenvalue weighted by Gasteiger charge is 2.14. The maximum atomic E-state index is 11.0. The summed E-state index contributed by atoms with van der Waals surface area (Å²) in [6.07, 6.45) is 1.97. The van der Waals surface area contributed by atoms with Crippen molar-refractivity contribution < 1.29 is 9.90 Å². The van der Waals surface area contributed by atoms with Gasteiger partial charge < -0.3 is 5.11 Å². The summed E-state index contributed by atoms with van der Waals surface area (Å²) in [5.74, 6) is -0.931. The van der Waals surface area contributed by atoms with Gasteiger partial charge in [0.25, 0.3) is 0 Å². The molecule has 0 amide bonds. The summed E-state index contributed by atoms with van der Waals surface area (Å²) in [6, 6.07) is 9.75. The Balaban J connectivity index is 2.34. The molecule has 0 atom stereocenters. The number of hydrogen-bond donors (Lipinski definition) is 1. The fourth-order valence-corrected chi connectivity index (χ4v) is 1.64. The molecule has 82 valence electrons. The molecule has 0 bridgehead atoms. The van der Waals surface area contributed by atoms with Gasteiger partial charge in [-0.1, -0.05) is 30.3 Å². The van der Waals surface area contributed by atoms with Crippen LogP contribution in [0.2, 0.25) is 0 Å². The Morgan fingerprint density at radius 1 is 1.38 bits per heavy atom. The van der Waals surface area contributed by atoms with Crippen molar-refractivity contribution in [3.63, 3.8) is 0 Å². The lowest BCUT2D eigenvalue weighted by atomic mass is 10.1. The van der Waals surface area contributed by atoms with E-state index in [1.54, 1.807) is 11.7 Å². The van der Waals surface area contributed by atoms with E-state index < -0.39 is 5.97 Å². The molecule has 2 aromatic rings. The Morgan fingerprint density at radius 3 is 2.69 bits per heavy atom. The standard InChI is InChI=1S/C12H12N2O2/c1-14-11(10(8-13-14)12(15)16)7-9-5-3-2-4-6-9/h2-6,8H,7H2,1H3,(H,15,16). The maximum absolute atomic E-state index is 11.0. The fourth-order valence-electron chi connectivity index (χ4n) is 1.64. The zero-order chi connectivity index (χ0) is 11.5. The highest BCUT2D eigenvalue weighted by atomic mass is 16.4. The van der Waals surface area contributed by atoms with Crippen molar-refractivity contribution in [3.8, 4) is 0 Å². The maximum Gasteiger partial charge on any atom is 0.339 e. The molecule has 0 aliphatic carbocycles. The minimum absolute atomic E-state index is 0.270. The molecule has 0 saturated heterocycles. The van der Waals surface area contributed by atoms with Crippen LogP contribution in [-0.2, 0) is 13.5 Å². The number of hydrogen-bond acceptors (Lipinski definition) is 2. The van der Waals surface area contributed by atoms with Gasteiger partial charge in [0, 0.05) is 13.5 Å². The summed E-state index contributed by atoms with van der Waals surface area (Å²) in [6.45, 7) is 0. The van der Waals surface area contributed by atoms with E-state index in [9.17, 15) is 4.79 Å². The molecule has 4 heteroatoms. The Morgan fingerprint density at radius 2 is 2.06 bits per heavy atom. The predicted octanol–water partition coefficient (Wildman–Crippen LogP) is 1.71.